The number of benzene rings is 1. The lowest BCUT2D eigenvalue weighted by Crippen LogP contribution is -2.38. The van der Waals surface area contributed by atoms with Gasteiger partial charge in [-0.1, -0.05) is 12.1 Å². The summed E-state index contributed by atoms with van der Waals surface area (Å²) < 4.78 is 0. The van der Waals surface area contributed by atoms with E-state index in [4.69, 9.17) is 0 Å². The zero-order chi connectivity index (χ0) is 11.1. The second-order valence-corrected chi connectivity index (χ2v) is 4.69. The molecule has 0 saturated carbocycles. The largest absolute Gasteiger partial charge is 0.372 e. The van der Waals surface area contributed by atoms with Crippen LogP contribution in [0, 0.1) is 0 Å². The van der Waals surface area contributed by atoms with E-state index < -0.39 is 0 Å². The van der Waals surface area contributed by atoms with Crippen LogP contribution in [0.15, 0.2) is 24.3 Å². The molecule has 3 heteroatoms. The summed E-state index contributed by atoms with van der Waals surface area (Å²) in [4.78, 5) is 16.6. The second-order valence-electron chi connectivity index (χ2n) is 4.69. The number of amides is 1. The molecule has 2 aliphatic rings. The van der Waals surface area contributed by atoms with Crippen LogP contribution >= 0.6 is 0 Å². The van der Waals surface area contributed by atoms with E-state index in [1.54, 1.807) is 0 Å². The number of hydrogen-bond donors (Lipinski definition) is 0. The van der Waals surface area contributed by atoms with Gasteiger partial charge < -0.3 is 9.80 Å². The van der Waals surface area contributed by atoms with Crippen LogP contribution in [0.2, 0.25) is 0 Å². The number of carbonyl (C=O) groups excluding carboxylic acids is 1. The van der Waals surface area contributed by atoms with Gasteiger partial charge in [-0.15, -0.1) is 0 Å². The summed E-state index contributed by atoms with van der Waals surface area (Å²) in [7, 11) is 2.08. The summed E-state index contributed by atoms with van der Waals surface area (Å²) in [6.45, 7) is 1.88. The van der Waals surface area contributed by atoms with Gasteiger partial charge in [0.05, 0.1) is 5.56 Å². The van der Waals surface area contributed by atoms with Crippen LogP contribution in [0.1, 0.15) is 23.2 Å². The average molecular weight is 216 g/mol. The number of nitrogens with zero attached hydrogens (tertiary/aromatic N) is 2. The van der Waals surface area contributed by atoms with Gasteiger partial charge in [0.2, 0.25) is 0 Å². The Kier molecular flexibility index (Phi) is 2.13. The maximum absolute atomic E-state index is 12.4. The molecule has 1 amide bonds. The van der Waals surface area contributed by atoms with Crippen LogP contribution in [0.25, 0.3) is 0 Å². The average Bonchev–Trinajstić information content (AvgIpc) is 2.72. The van der Waals surface area contributed by atoms with Crippen molar-refractivity contribution in [2.24, 2.45) is 0 Å². The fraction of sp³-hybridized carbons (Fsp3) is 0.462. The van der Waals surface area contributed by atoms with Crippen molar-refractivity contribution in [3.05, 3.63) is 29.8 Å². The highest BCUT2D eigenvalue weighted by atomic mass is 16.2. The van der Waals surface area contributed by atoms with Crippen molar-refractivity contribution in [3.63, 3.8) is 0 Å². The second kappa shape index (κ2) is 3.51. The van der Waals surface area contributed by atoms with Crippen LogP contribution in [0.3, 0.4) is 0 Å². The number of carbonyl (C=O) groups is 1. The molecule has 1 aromatic carbocycles. The standard InChI is InChI=1S/C13H16N2O/c1-14-9-10-5-4-8-15(10)13(16)11-6-2-3-7-12(11)14/h2-3,6-7,10H,4-5,8-9H2,1H3/t10-/m0/s1. The third-order valence-electron chi connectivity index (χ3n) is 3.67. The lowest BCUT2D eigenvalue weighted by Gasteiger charge is -2.24. The van der Waals surface area contributed by atoms with E-state index in [0.29, 0.717) is 6.04 Å². The zero-order valence-corrected chi connectivity index (χ0v) is 9.52. The Balaban J connectivity index is 2.09. The smallest absolute Gasteiger partial charge is 0.256 e. The molecular weight excluding hydrogens is 200 g/mol. The predicted molar refractivity (Wildman–Crippen MR) is 63.8 cm³/mol. The molecule has 0 spiro atoms. The van der Waals surface area contributed by atoms with Crippen LogP contribution in [0.5, 0.6) is 0 Å². The maximum Gasteiger partial charge on any atom is 0.256 e. The van der Waals surface area contributed by atoms with Crippen molar-refractivity contribution in [2.75, 3.05) is 25.0 Å². The summed E-state index contributed by atoms with van der Waals surface area (Å²) in [5.41, 5.74) is 1.93. The van der Waals surface area contributed by atoms with Gasteiger partial charge in [-0.25, -0.2) is 0 Å². The maximum atomic E-state index is 12.4. The molecule has 0 unspecified atom stereocenters. The highest BCUT2D eigenvalue weighted by molar-refractivity contribution is 6.00. The Morgan fingerprint density at radius 2 is 2.12 bits per heavy atom. The number of fused-ring (bicyclic) bond motifs is 2. The van der Waals surface area contributed by atoms with Crippen molar-refractivity contribution in [2.45, 2.75) is 18.9 Å². The van der Waals surface area contributed by atoms with Gasteiger partial charge in [-0.3, -0.25) is 4.79 Å². The fourth-order valence-electron chi connectivity index (χ4n) is 2.85. The van der Waals surface area contributed by atoms with Crippen molar-refractivity contribution in [1.29, 1.82) is 0 Å². The van der Waals surface area contributed by atoms with Gasteiger partial charge in [0, 0.05) is 31.9 Å². The lowest BCUT2D eigenvalue weighted by molar-refractivity contribution is 0.0749. The highest BCUT2D eigenvalue weighted by Crippen LogP contribution is 2.30. The first kappa shape index (κ1) is 9.70. The normalized spacial score (nSPS) is 24.1. The summed E-state index contributed by atoms with van der Waals surface area (Å²) in [5, 5.41) is 0. The minimum Gasteiger partial charge on any atom is -0.372 e. The zero-order valence-electron chi connectivity index (χ0n) is 9.52. The molecule has 0 bridgehead atoms. The number of para-hydroxylation sites is 1. The minimum atomic E-state index is 0.211. The van der Waals surface area contributed by atoms with Crippen LogP contribution in [0.4, 0.5) is 5.69 Å². The number of anilines is 1. The van der Waals surface area contributed by atoms with Gasteiger partial charge >= 0.3 is 0 Å². The van der Waals surface area contributed by atoms with Crippen molar-refractivity contribution >= 4 is 11.6 Å². The van der Waals surface area contributed by atoms with E-state index in [1.165, 1.54) is 0 Å². The number of rotatable bonds is 0. The van der Waals surface area contributed by atoms with E-state index >= 15 is 0 Å². The molecule has 16 heavy (non-hydrogen) atoms. The quantitative estimate of drug-likeness (QED) is 0.659. The molecule has 1 saturated heterocycles. The van der Waals surface area contributed by atoms with Crippen molar-refractivity contribution < 1.29 is 4.79 Å². The first-order chi connectivity index (χ1) is 7.77. The van der Waals surface area contributed by atoms with Crippen LogP contribution < -0.4 is 4.90 Å². The summed E-state index contributed by atoms with van der Waals surface area (Å²) in [5.74, 6) is 0.211. The first-order valence-corrected chi connectivity index (χ1v) is 5.88. The van der Waals surface area contributed by atoms with Crippen molar-refractivity contribution in [1.82, 2.24) is 4.90 Å². The van der Waals surface area contributed by atoms with Crippen molar-refractivity contribution in [3.8, 4) is 0 Å². The van der Waals surface area contributed by atoms with E-state index in [-0.39, 0.29) is 5.91 Å². The molecular formula is C13H16N2O. The Bertz CT molecular complexity index is 430. The van der Waals surface area contributed by atoms with Gasteiger partial charge in [-0.05, 0) is 25.0 Å². The highest BCUT2D eigenvalue weighted by Gasteiger charge is 2.34. The molecule has 0 radical (unpaired) electrons. The molecule has 0 aliphatic carbocycles. The molecule has 2 heterocycles. The van der Waals surface area contributed by atoms with Gasteiger partial charge in [-0.2, -0.15) is 0 Å². The van der Waals surface area contributed by atoms with Crippen LogP contribution in [-0.4, -0.2) is 37.0 Å². The fourth-order valence-corrected chi connectivity index (χ4v) is 2.85. The minimum absolute atomic E-state index is 0.211. The molecule has 1 aromatic rings. The Morgan fingerprint density at radius 1 is 1.31 bits per heavy atom. The lowest BCUT2D eigenvalue weighted by atomic mass is 10.1. The van der Waals surface area contributed by atoms with Gasteiger partial charge in [0.1, 0.15) is 0 Å². The van der Waals surface area contributed by atoms with Crippen LogP contribution in [-0.2, 0) is 0 Å². The Hall–Kier alpha value is -1.51. The predicted octanol–water partition coefficient (Wildman–Crippen LogP) is 1.74. The Labute approximate surface area is 95.7 Å². The number of hydrogen-bond acceptors (Lipinski definition) is 2. The topological polar surface area (TPSA) is 23.6 Å². The molecule has 1 fully saturated rings. The third-order valence-corrected chi connectivity index (χ3v) is 3.67. The van der Waals surface area contributed by atoms with E-state index in [2.05, 4.69) is 11.9 Å². The Morgan fingerprint density at radius 3 is 3.00 bits per heavy atom. The molecule has 0 N–H and O–H groups in total. The van der Waals surface area contributed by atoms with Gasteiger partial charge in [0.15, 0.2) is 0 Å². The summed E-state index contributed by atoms with van der Waals surface area (Å²) in [6, 6.07) is 8.33. The number of likely N-dealkylation sites (N-methyl/N-ethyl adjacent to an activating group) is 1. The van der Waals surface area contributed by atoms with E-state index in [1.807, 2.05) is 29.2 Å². The summed E-state index contributed by atoms with van der Waals surface area (Å²) >= 11 is 0. The molecule has 0 aromatic heterocycles. The molecule has 1 atom stereocenters. The van der Waals surface area contributed by atoms with Gasteiger partial charge in [0.25, 0.3) is 5.91 Å². The monoisotopic (exact) mass is 216 g/mol. The molecule has 3 rings (SSSR count). The molecule has 84 valence electrons. The third kappa shape index (κ3) is 1.31. The molecule has 3 nitrogen and oxygen atoms in total. The van der Waals surface area contributed by atoms with E-state index in [9.17, 15) is 4.79 Å². The SMILES string of the molecule is CN1C[C@@H]2CCCN2C(=O)c2ccccc21. The molecule has 2 aliphatic heterocycles. The summed E-state index contributed by atoms with van der Waals surface area (Å²) in [6.07, 6.45) is 2.29. The first-order valence-electron chi connectivity index (χ1n) is 5.88. The van der Waals surface area contributed by atoms with E-state index in [0.717, 1.165) is 37.2 Å².